The molecule has 1 unspecified atom stereocenters. The number of aryl methyl sites for hydroxylation is 1. The molecule has 1 aliphatic rings. The molecule has 1 atom stereocenters. The second kappa shape index (κ2) is 9.55. The van der Waals surface area contributed by atoms with Gasteiger partial charge < -0.3 is 15.0 Å². The van der Waals surface area contributed by atoms with Gasteiger partial charge in [-0.05, 0) is 38.0 Å². The van der Waals surface area contributed by atoms with Crippen molar-refractivity contribution in [2.45, 2.75) is 26.3 Å². The number of hydrogen-bond acceptors (Lipinski definition) is 5. The summed E-state index contributed by atoms with van der Waals surface area (Å²) in [4.78, 5) is 23.6. The maximum absolute atomic E-state index is 13.8. The molecular weight excluding hydrogens is 395 g/mol. The summed E-state index contributed by atoms with van der Waals surface area (Å²) in [6.45, 7) is 3.46. The lowest BCUT2D eigenvalue weighted by Gasteiger charge is -2.33. The molecule has 4 rings (SSSR count). The van der Waals surface area contributed by atoms with Gasteiger partial charge in [-0.1, -0.05) is 35.9 Å². The number of anilines is 1. The van der Waals surface area contributed by atoms with Crippen LogP contribution in [0.15, 0.2) is 60.9 Å². The zero-order chi connectivity index (χ0) is 21.6. The van der Waals surface area contributed by atoms with Gasteiger partial charge in [-0.3, -0.25) is 4.79 Å². The van der Waals surface area contributed by atoms with Crippen molar-refractivity contribution in [2.75, 3.05) is 18.0 Å². The summed E-state index contributed by atoms with van der Waals surface area (Å²) in [5.41, 5.74) is 1.62. The van der Waals surface area contributed by atoms with E-state index >= 15 is 0 Å². The Kier molecular flexibility index (Phi) is 6.40. The second-order valence-corrected chi connectivity index (χ2v) is 7.69. The average molecular weight is 420 g/mol. The standard InChI is InChI=1S/C24H25FN4O2/c1-17-8-10-20(11-9-17)31-24-22(26-12-13-27-24)29-14-4-6-19(16-29)23(30)28-15-18-5-2-3-7-21(18)25/h2-3,5,7-13,19H,4,6,14-16H2,1H3,(H,28,30). The van der Waals surface area contributed by atoms with Crippen LogP contribution in [0.25, 0.3) is 0 Å². The van der Waals surface area contributed by atoms with Crippen LogP contribution < -0.4 is 15.0 Å². The Bertz CT molecular complexity index is 1040. The van der Waals surface area contributed by atoms with Crippen molar-refractivity contribution in [2.24, 2.45) is 5.92 Å². The van der Waals surface area contributed by atoms with Crippen LogP contribution in [-0.4, -0.2) is 29.0 Å². The number of halogens is 1. The van der Waals surface area contributed by atoms with Crippen molar-refractivity contribution < 1.29 is 13.9 Å². The number of carbonyl (C=O) groups is 1. The first-order chi connectivity index (χ1) is 15.1. The summed E-state index contributed by atoms with van der Waals surface area (Å²) in [5.74, 6) is 1.11. The minimum atomic E-state index is -0.314. The normalized spacial score (nSPS) is 16.1. The molecule has 0 radical (unpaired) electrons. The largest absolute Gasteiger partial charge is 0.436 e. The summed E-state index contributed by atoms with van der Waals surface area (Å²) in [6, 6.07) is 14.2. The molecule has 0 spiro atoms. The van der Waals surface area contributed by atoms with E-state index < -0.39 is 0 Å². The number of amides is 1. The Morgan fingerprint density at radius 3 is 2.74 bits per heavy atom. The van der Waals surface area contributed by atoms with Gasteiger partial charge in [0.2, 0.25) is 5.91 Å². The highest BCUT2D eigenvalue weighted by molar-refractivity contribution is 5.79. The third kappa shape index (κ3) is 5.17. The van der Waals surface area contributed by atoms with E-state index in [-0.39, 0.29) is 24.2 Å². The van der Waals surface area contributed by atoms with E-state index in [4.69, 9.17) is 4.74 Å². The summed E-state index contributed by atoms with van der Waals surface area (Å²) in [5, 5.41) is 2.87. The molecular formula is C24H25FN4O2. The van der Waals surface area contributed by atoms with Gasteiger partial charge in [-0.15, -0.1) is 0 Å². The number of benzene rings is 2. The predicted molar refractivity (Wildman–Crippen MR) is 116 cm³/mol. The Labute approximate surface area is 181 Å². The number of piperidine rings is 1. The van der Waals surface area contributed by atoms with Crippen molar-refractivity contribution in [3.8, 4) is 11.6 Å². The van der Waals surface area contributed by atoms with E-state index in [2.05, 4.69) is 15.3 Å². The van der Waals surface area contributed by atoms with Gasteiger partial charge >= 0.3 is 0 Å². The van der Waals surface area contributed by atoms with Crippen molar-refractivity contribution in [3.63, 3.8) is 0 Å². The van der Waals surface area contributed by atoms with E-state index in [1.54, 1.807) is 30.6 Å². The Hall–Kier alpha value is -3.48. The summed E-state index contributed by atoms with van der Waals surface area (Å²) in [6.07, 6.45) is 4.83. The number of nitrogens with zero attached hydrogens (tertiary/aromatic N) is 3. The fourth-order valence-corrected chi connectivity index (χ4v) is 3.68. The van der Waals surface area contributed by atoms with Crippen molar-refractivity contribution in [3.05, 3.63) is 77.9 Å². The number of aromatic nitrogens is 2. The van der Waals surface area contributed by atoms with Crippen LogP contribution in [0.4, 0.5) is 10.2 Å². The minimum absolute atomic E-state index is 0.0853. The molecule has 3 aromatic rings. The van der Waals surface area contributed by atoms with Gasteiger partial charge in [0, 0.05) is 37.6 Å². The Balaban J connectivity index is 1.43. The number of ether oxygens (including phenoxy) is 1. The molecule has 1 N–H and O–H groups in total. The quantitative estimate of drug-likeness (QED) is 0.646. The van der Waals surface area contributed by atoms with E-state index in [1.807, 2.05) is 36.1 Å². The zero-order valence-electron chi connectivity index (χ0n) is 17.4. The number of rotatable bonds is 6. The molecule has 31 heavy (non-hydrogen) atoms. The van der Waals surface area contributed by atoms with Crippen LogP contribution in [0, 0.1) is 18.7 Å². The highest BCUT2D eigenvalue weighted by Gasteiger charge is 2.28. The SMILES string of the molecule is Cc1ccc(Oc2nccnc2N2CCCC(C(=O)NCc3ccccc3F)C2)cc1. The van der Waals surface area contributed by atoms with Crippen LogP contribution in [0.5, 0.6) is 11.6 Å². The van der Waals surface area contributed by atoms with Crippen molar-refractivity contribution in [1.29, 1.82) is 0 Å². The van der Waals surface area contributed by atoms with Crippen LogP contribution in [0.3, 0.4) is 0 Å². The molecule has 1 aliphatic heterocycles. The molecule has 0 bridgehead atoms. The summed E-state index contributed by atoms with van der Waals surface area (Å²) in [7, 11) is 0. The molecule has 1 fully saturated rings. The van der Waals surface area contributed by atoms with Crippen molar-refractivity contribution >= 4 is 11.7 Å². The van der Waals surface area contributed by atoms with Crippen LogP contribution in [-0.2, 0) is 11.3 Å². The molecule has 6 nitrogen and oxygen atoms in total. The topological polar surface area (TPSA) is 67.4 Å². The maximum atomic E-state index is 13.8. The van der Waals surface area contributed by atoms with E-state index in [0.717, 1.165) is 24.9 Å². The Morgan fingerprint density at radius 1 is 1.16 bits per heavy atom. The first-order valence-electron chi connectivity index (χ1n) is 10.4. The zero-order valence-corrected chi connectivity index (χ0v) is 17.4. The highest BCUT2D eigenvalue weighted by atomic mass is 19.1. The number of hydrogen-bond donors (Lipinski definition) is 1. The minimum Gasteiger partial charge on any atom is -0.436 e. The molecule has 1 saturated heterocycles. The molecule has 0 saturated carbocycles. The van der Waals surface area contributed by atoms with E-state index in [9.17, 15) is 9.18 Å². The predicted octanol–water partition coefficient (Wildman–Crippen LogP) is 4.25. The molecule has 2 heterocycles. The first kappa shape index (κ1) is 20.8. The highest BCUT2D eigenvalue weighted by Crippen LogP contribution is 2.31. The van der Waals surface area contributed by atoms with Gasteiger partial charge in [0.1, 0.15) is 11.6 Å². The molecule has 1 amide bonds. The molecule has 1 aromatic heterocycles. The lowest BCUT2D eigenvalue weighted by Crippen LogP contribution is -2.43. The summed E-state index contributed by atoms with van der Waals surface area (Å²) >= 11 is 0. The van der Waals surface area contributed by atoms with Crippen LogP contribution >= 0.6 is 0 Å². The Morgan fingerprint density at radius 2 is 1.94 bits per heavy atom. The fraction of sp³-hybridized carbons (Fsp3) is 0.292. The van der Waals surface area contributed by atoms with Crippen LogP contribution in [0.2, 0.25) is 0 Å². The van der Waals surface area contributed by atoms with Gasteiger partial charge in [0.25, 0.3) is 5.88 Å². The lowest BCUT2D eigenvalue weighted by atomic mass is 9.97. The van der Waals surface area contributed by atoms with E-state index in [0.29, 0.717) is 29.6 Å². The summed E-state index contributed by atoms with van der Waals surface area (Å²) < 4.78 is 19.8. The first-order valence-corrected chi connectivity index (χ1v) is 10.4. The molecule has 160 valence electrons. The molecule has 0 aliphatic carbocycles. The van der Waals surface area contributed by atoms with Gasteiger partial charge in [0.05, 0.1) is 5.92 Å². The smallest absolute Gasteiger partial charge is 0.263 e. The van der Waals surface area contributed by atoms with Crippen molar-refractivity contribution in [1.82, 2.24) is 15.3 Å². The lowest BCUT2D eigenvalue weighted by molar-refractivity contribution is -0.125. The molecule has 7 heteroatoms. The third-order valence-corrected chi connectivity index (χ3v) is 5.38. The third-order valence-electron chi connectivity index (χ3n) is 5.38. The van der Waals surface area contributed by atoms with Gasteiger partial charge in [-0.25, -0.2) is 14.4 Å². The van der Waals surface area contributed by atoms with Gasteiger partial charge in [-0.2, -0.15) is 0 Å². The average Bonchev–Trinajstić information content (AvgIpc) is 2.80. The van der Waals surface area contributed by atoms with E-state index in [1.165, 1.54) is 6.07 Å². The second-order valence-electron chi connectivity index (χ2n) is 7.69. The fourth-order valence-electron chi connectivity index (χ4n) is 3.68. The monoisotopic (exact) mass is 420 g/mol. The number of nitrogens with one attached hydrogen (secondary N) is 1. The maximum Gasteiger partial charge on any atom is 0.263 e. The van der Waals surface area contributed by atoms with Crippen LogP contribution in [0.1, 0.15) is 24.0 Å². The number of carbonyl (C=O) groups excluding carboxylic acids is 1. The molecule has 2 aromatic carbocycles. The van der Waals surface area contributed by atoms with Gasteiger partial charge in [0.15, 0.2) is 5.82 Å².